The third-order valence-electron chi connectivity index (χ3n) is 4.07. The number of hydrogen-bond acceptors (Lipinski definition) is 4. The molecule has 0 spiro atoms. The fraction of sp³-hybridized carbons (Fsp3) is 0.158. The molecule has 3 aromatic rings. The maximum atomic E-state index is 14.1. The molecule has 26 heavy (non-hydrogen) atoms. The number of nitrogens with zero attached hydrogens (tertiary/aromatic N) is 3. The lowest BCUT2D eigenvalue weighted by atomic mass is 10.1. The van der Waals surface area contributed by atoms with Crippen molar-refractivity contribution in [3.8, 4) is 5.75 Å². The van der Waals surface area contributed by atoms with Gasteiger partial charge in [-0.1, -0.05) is 47.1 Å². The van der Waals surface area contributed by atoms with E-state index in [0.29, 0.717) is 23.4 Å². The Kier molecular flexibility index (Phi) is 5.53. The van der Waals surface area contributed by atoms with Gasteiger partial charge in [0.15, 0.2) is 5.17 Å². The van der Waals surface area contributed by atoms with E-state index in [4.69, 9.17) is 21.5 Å². The first-order chi connectivity index (χ1) is 12.6. The summed E-state index contributed by atoms with van der Waals surface area (Å²) < 4.78 is 21.0. The summed E-state index contributed by atoms with van der Waals surface area (Å²) in [5.41, 5.74) is 2.62. The molecule has 0 radical (unpaired) electrons. The minimum atomic E-state index is -0.312. The molecule has 0 aliphatic carbocycles. The maximum absolute atomic E-state index is 14.1. The molecule has 0 aliphatic rings. The van der Waals surface area contributed by atoms with Gasteiger partial charge in [-0.3, -0.25) is 4.68 Å². The van der Waals surface area contributed by atoms with Crippen molar-refractivity contribution < 1.29 is 14.3 Å². The summed E-state index contributed by atoms with van der Waals surface area (Å²) in [6, 6.07) is 14.1. The number of methoxy groups -OCH3 is 1. The average Bonchev–Trinajstić information content (AvgIpc) is 3.06. The Bertz CT molecular complexity index is 923. The van der Waals surface area contributed by atoms with E-state index in [0.717, 1.165) is 11.3 Å². The summed E-state index contributed by atoms with van der Waals surface area (Å²) in [4.78, 5) is 0. The topological polar surface area (TPSA) is 59.6 Å². The normalized spacial score (nSPS) is 11.6. The highest BCUT2D eigenvalue weighted by atomic mass is 35.5. The molecule has 0 atom stereocenters. The minimum Gasteiger partial charge on any atom is -0.497 e. The molecule has 0 aliphatic heterocycles. The number of oxime groups is 1. The van der Waals surface area contributed by atoms with Gasteiger partial charge in [0.2, 0.25) is 0 Å². The number of hydrogen-bond donors (Lipinski definition) is 1. The minimum absolute atomic E-state index is 0.0858. The fourth-order valence-corrected chi connectivity index (χ4v) is 2.84. The third kappa shape index (κ3) is 3.86. The first-order valence-corrected chi connectivity index (χ1v) is 8.29. The largest absolute Gasteiger partial charge is 0.497 e. The van der Waals surface area contributed by atoms with Crippen molar-refractivity contribution >= 4 is 16.8 Å². The van der Waals surface area contributed by atoms with Crippen LogP contribution in [0.15, 0.2) is 59.9 Å². The lowest BCUT2D eigenvalue weighted by molar-refractivity contribution is 0.321. The Morgan fingerprint density at radius 1 is 1.23 bits per heavy atom. The van der Waals surface area contributed by atoms with Gasteiger partial charge < -0.3 is 9.94 Å². The van der Waals surface area contributed by atoms with Gasteiger partial charge in [-0.05, 0) is 29.3 Å². The van der Waals surface area contributed by atoms with Crippen LogP contribution in [0.5, 0.6) is 5.75 Å². The molecule has 134 valence electrons. The highest BCUT2D eigenvalue weighted by Gasteiger charge is 2.17. The van der Waals surface area contributed by atoms with Crippen molar-refractivity contribution in [2.45, 2.75) is 13.0 Å². The van der Waals surface area contributed by atoms with Crippen molar-refractivity contribution in [2.24, 2.45) is 5.16 Å². The lowest BCUT2D eigenvalue weighted by Gasteiger charge is -2.11. The molecule has 0 bridgehead atoms. The number of benzene rings is 2. The Labute approximate surface area is 155 Å². The summed E-state index contributed by atoms with van der Waals surface area (Å²) in [6.07, 6.45) is 1.78. The van der Waals surface area contributed by atoms with Crippen molar-refractivity contribution in [1.29, 1.82) is 0 Å². The van der Waals surface area contributed by atoms with Crippen LogP contribution in [0.25, 0.3) is 0 Å². The van der Waals surface area contributed by atoms with Gasteiger partial charge in [0.25, 0.3) is 0 Å². The van der Waals surface area contributed by atoms with Crippen molar-refractivity contribution in [3.63, 3.8) is 0 Å². The van der Waals surface area contributed by atoms with Gasteiger partial charge in [-0.25, -0.2) is 4.39 Å². The summed E-state index contributed by atoms with van der Waals surface area (Å²) in [5.74, 6) is 0.449. The smallest absolute Gasteiger partial charge is 0.178 e. The Morgan fingerprint density at radius 2 is 1.96 bits per heavy atom. The standard InChI is InChI=1S/C19H17ClFN3O2/c1-26-15-8-6-13(7-9-15)12-24-18(16(11-22-24)19(20)23-25)10-14-4-2-3-5-17(14)21/h2-9,11,25H,10,12H2,1H3. The second kappa shape index (κ2) is 8.01. The van der Waals surface area contributed by atoms with E-state index in [1.54, 1.807) is 30.0 Å². The highest BCUT2D eigenvalue weighted by molar-refractivity contribution is 6.69. The zero-order valence-corrected chi connectivity index (χ0v) is 14.8. The van der Waals surface area contributed by atoms with E-state index in [1.165, 1.54) is 12.3 Å². The Hall–Kier alpha value is -2.86. The zero-order valence-electron chi connectivity index (χ0n) is 14.1. The summed E-state index contributed by atoms with van der Waals surface area (Å²) in [5, 5.41) is 16.3. The van der Waals surface area contributed by atoms with Gasteiger partial charge >= 0.3 is 0 Å². The van der Waals surface area contributed by atoms with Crippen LogP contribution in [-0.4, -0.2) is 27.3 Å². The maximum Gasteiger partial charge on any atom is 0.178 e. The molecule has 0 saturated carbocycles. The summed E-state index contributed by atoms with van der Waals surface area (Å²) in [7, 11) is 1.61. The van der Waals surface area contributed by atoms with Gasteiger partial charge in [0.1, 0.15) is 11.6 Å². The Balaban J connectivity index is 1.96. The molecule has 0 unspecified atom stereocenters. The number of rotatable bonds is 6. The first kappa shape index (κ1) is 17.9. The van der Waals surface area contributed by atoms with E-state index in [-0.39, 0.29) is 17.4 Å². The molecular formula is C19H17ClFN3O2. The van der Waals surface area contributed by atoms with Crippen LogP contribution >= 0.6 is 11.6 Å². The second-order valence-corrected chi connectivity index (χ2v) is 6.03. The van der Waals surface area contributed by atoms with Crippen LogP contribution in [0.2, 0.25) is 0 Å². The van der Waals surface area contributed by atoms with E-state index in [9.17, 15) is 4.39 Å². The van der Waals surface area contributed by atoms with Gasteiger partial charge in [-0.2, -0.15) is 5.10 Å². The molecule has 7 heteroatoms. The van der Waals surface area contributed by atoms with Crippen LogP contribution in [0, 0.1) is 5.82 Å². The molecule has 0 saturated heterocycles. The molecule has 2 aromatic carbocycles. The van der Waals surface area contributed by atoms with Gasteiger partial charge in [-0.15, -0.1) is 0 Å². The fourth-order valence-electron chi connectivity index (χ4n) is 2.69. The number of ether oxygens (including phenoxy) is 1. The summed E-state index contributed by atoms with van der Waals surface area (Å²) in [6.45, 7) is 0.462. The highest BCUT2D eigenvalue weighted by Crippen LogP contribution is 2.21. The van der Waals surface area contributed by atoms with Crippen LogP contribution in [0.4, 0.5) is 4.39 Å². The van der Waals surface area contributed by atoms with Crippen molar-refractivity contribution in [2.75, 3.05) is 7.11 Å². The molecule has 0 fully saturated rings. The third-order valence-corrected chi connectivity index (χ3v) is 4.35. The molecule has 5 nitrogen and oxygen atoms in total. The van der Waals surface area contributed by atoms with Crippen LogP contribution in [0.3, 0.4) is 0 Å². The van der Waals surface area contributed by atoms with Crippen molar-refractivity contribution in [1.82, 2.24) is 9.78 Å². The van der Waals surface area contributed by atoms with Gasteiger partial charge in [0, 0.05) is 6.42 Å². The summed E-state index contributed by atoms with van der Waals surface area (Å²) >= 11 is 5.99. The molecule has 0 amide bonds. The van der Waals surface area contributed by atoms with E-state index in [1.807, 2.05) is 24.3 Å². The quantitative estimate of drug-likeness (QED) is 0.403. The average molecular weight is 374 g/mol. The SMILES string of the molecule is COc1ccc(Cn2ncc(C(Cl)=NO)c2Cc2ccccc2F)cc1. The molecular weight excluding hydrogens is 357 g/mol. The molecule has 1 aromatic heterocycles. The van der Waals surface area contributed by atoms with Crippen molar-refractivity contribution in [3.05, 3.63) is 82.9 Å². The van der Waals surface area contributed by atoms with E-state index >= 15 is 0 Å². The molecule has 3 rings (SSSR count). The van der Waals surface area contributed by atoms with Gasteiger partial charge in [0.05, 0.1) is 31.1 Å². The lowest BCUT2D eigenvalue weighted by Crippen LogP contribution is -2.10. The van der Waals surface area contributed by atoms with Crippen LogP contribution in [0.1, 0.15) is 22.4 Å². The number of aromatic nitrogens is 2. The molecule has 1 heterocycles. The zero-order chi connectivity index (χ0) is 18.5. The van der Waals surface area contributed by atoms with E-state index in [2.05, 4.69) is 10.3 Å². The second-order valence-electron chi connectivity index (χ2n) is 5.67. The predicted octanol–water partition coefficient (Wildman–Crippen LogP) is 4.04. The van der Waals surface area contributed by atoms with Crippen LogP contribution in [-0.2, 0) is 13.0 Å². The van der Waals surface area contributed by atoms with Crippen LogP contribution < -0.4 is 4.74 Å². The monoisotopic (exact) mass is 373 g/mol. The van der Waals surface area contributed by atoms with E-state index < -0.39 is 0 Å². The molecule has 1 N–H and O–H groups in total. The predicted molar refractivity (Wildman–Crippen MR) is 97.7 cm³/mol. The first-order valence-electron chi connectivity index (χ1n) is 7.91. The Morgan fingerprint density at radius 3 is 2.62 bits per heavy atom. The number of halogens is 2.